The minimum atomic E-state index is -0.711. The van der Waals surface area contributed by atoms with E-state index in [9.17, 15) is 5.11 Å². The molecule has 0 saturated carbocycles. The Labute approximate surface area is 125 Å². The molecule has 0 aliphatic carbocycles. The third kappa shape index (κ3) is 6.77. The van der Waals surface area contributed by atoms with Crippen molar-refractivity contribution in [1.29, 1.82) is 0 Å². The molecule has 1 aromatic carbocycles. The molecule has 2 atom stereocenters. The molecule has 0 spiro atoms. The zero-order chi connectivity index (χ0) is 15.7. The van der Waals surface area contributed by atoms with Crippen molar-refractivity contribution < 1.29 is 24.1 Å². The van der Waals surface area contributed by atoms with E-state index >= 15 is 0 Å². The first kappa shape index (κ1) is 17.7. The Morgan fingerprint density at radius 3 is 2.43 bits per heavy atom. The minimum Gasteiger partial charge on any atom is -0.497 e. The zero-order valence-corrected chi connectivity index (χ0v) is 12.9. The smallest absolute Gasteiger partial charge is 0.123 e. The number of aliphatic hydroxyl groups is 1. The van der Waals surface area contributed by atoms with Crippen molar-refractivity contribution in [1.82, 2.24) is 0 Å². The Morgan fingerprint density at radius 2 is 1.81 bits per heavy atom. The summed E-state index contributed by atoms with van der Waals surface area (Å²) in [6.07, 6.45) is -0.776. The van der Waals surface area contributed by atoms with E-state index in [0.717, 1.165) is 5.56 Å². The van der Waals surface area contributed by atoms with Crippen molar-refractivity contribution in [2.24, 2.45) is 5.73 Å². The van der Waals surface area contributed by atoms with Gasteiger partial charge >= 0.3 is 0 Å². The summed E-state index contributed by atoms with van der Waals surface area (Å²) in [4.78, 5) is 0. The maximum absolute atomic E-state index is 9.83. The molecule has 6 heteroatoms. The van der Waals surface area contributed by atoms with Crippen molar-refractivity contribution in [2.45, 2.75) is 25.7 Å². The SMILES string of the molecule is COCC(C)OCC(O)COc1cc(CN)cc(OC)c1. The largest absolute Gasteiger partial charge is 0.497 e. The van der Waals surface area contributed by atoms with Gasteiger partial charge in [-0.3, -0.25) is 0 Å². The molecule has 0 aliphatic heterocycles. The van der Waals surface area contributed by atoms with Crippen molar-refractivity contribution in [3.63, 3.8) is 0 Å². The normalized spacial score (nSPS) is 13.8. The lowest BCUT2D eigenvalue weighted by atomic mass is 10.2. The van der Waals surface area contributed by atoms with E-state index in [-0.39, 0.29) is 19.3 Å². The minimum absolute atomic E-state index is 0.0645. The van der Waals surface area contributed by atoms with Crippen LogP contribution in [-0.4, -0.2) is 51.4 Å². The van der Waals surface area contributed by atoms with Crippen LogP contribution in [0.1, 0.15) is 12.5 Å². The Bertz CT molecular complexity index is 391. The second-order valence-corrected chi connectivity index (χ2v) is 4.79. The van der Waals surface area contributed by atoms with E-state index in [0.29, 0.717) is 24.7 Å². The van der Waals surface area contributed by atoms with Crippen molar-refractivity contribution in [3.8, 4) is 11.5 Å². The molecule has 0 fully saturated rings. The van der Waals surface area contributed by atoms with Crippen molar-refractivity contribution in [3.05, 3.63) is 23.8 Å². The predicted octanol–water partition coefficient (Wildman–Crippen LogP) is 0.945. The topological polar surface area (TPSA) is 83.2 Å². The molecule has 0 bridgehead atoms. The molecule has 21 heavy (non-hydrogen) atoms. The zero-order valence-electron chi connectivity index (χ0n) is 12.9. The first-order chi connectivity index (χ1) is 10.1. The average Bonchev–Trinajstić information content (AvgIpc) is 2.50. The standard InChI is InChI=1S/C15H25NO5/c1-11(8-18-2)20-9-13(17)10-21-15-5-12(7-16)4-14(6-15)19-3/h4-6,11,13,17H,7-10,16H2,1-3H3. The Kier molecular flexibility index (Phi) is 8.07. The number of hydrogen-bond donors (Lipinski definition) is 2. The fourth-order valence-corrected chi connectivity index (χ4v) is 1.75. The Balaban J connectivity index is 2.43. The van der Waals surface area contributed by atoms with Gasteiger partial charge in [0.1, 0.15) is 24.2 Å². The summed E-state index contributed by atoms with van der Waals surface area (Å²) in [5.74, 6) is 1.28. The second kappa shape index (κ2) is 9.57. The van der Waals surface area contributed by atoms with Gasteiger partial charge in [-0.1, -0.05) is 0 Å². The monoisotopic (exact) mass is 299 g/mol. The molecule has 0 radical (unpaired) electrons. The Morgan fingerprint density at radius 1 is 1.10 bits per heavy atom. The highest BCUT2D eigenvalue weighted by atomic mass is 16.5. The Hall–Kier alpha value is -1.34. The summed E-state index contributed by atoms with van der Waals surface area (Å²) in [5, 5.41) is 9.83. The number of hydrogen-bond acceptors (Lipinski definition) is 6. The summed E-state index contributed by atoms with van der Waals surface area (Å²) in [6.45, 7) is 3.10. The molecule has 0 amide bonds. The predicted molar refractivity (Wildman–Crippen MR) is 79.7 cm³/mol. The molecular formula is C15H25NO5. The molecular weight excluding hydrogens is 274 g/mol. The molecule has 0 heterocycles. The third-order valence-electron chi connectivity index (χ3n) is 2.83. The third-order valence-corrected chi connectivity index (χ3v) is 2.83. The van der Waals surface area contributed by atoms with E-state index in [1.165, 1.54) is 0 Å². The number of benzene rings is 1. The van der Waals surface area contributed by atoms with Crippen LogP contribution in [0.15, 0.2) is 18.2 Å². The highest BCUT2D eigenvalue weighted by Crippen LogP contribution is 2.22. The van der Waals surface area contributed by atoms with E-state index in [4.69, 9.17) is 24.7 Å². The maximum atomic E-state index is 9.83. The van der Waals surface area contributed by atoms with Crippen LogP contribution < -0.4 is 15.2 Å². The van der Waals surface area contributed by atoms with Crippen LogP contribution >= 0.6 is 0 Å². The number of methoxy groups -OCH3 is 2. The summed E-state index contributed by atoms with van der Waals surface area (Å²) in [7, 11) is 3.19. The van der Waals surface area contributed by atoms with Crippen molar-refractivity contribution in [2.75, 3.05) is 34.0 Å². The summed E-state index contributed by atoms with van der Waals surface area (Å²) >= 11 is 0. The van der Waals surface area contributed by atoms with Gasteiger partial charge in [0.2, 0.25) is 0 Å². The van der Waals surface area contributed by atoms with Gasteiger partial charge in [-0.25, -0.2) is 0 Å². The molecule has 6 nitrogen and oxygen atoms in total. The second-order valence-electron chi connectivity index (χ2n) is 4.79. The fraction of sp³-hybridized carbons (Fsp3) is 0.600. The first-order valence-corrected chi connectivity index (χ1v) is 6.88. The van der Waals surface area contributed by atoms with E-state index in [2.05, 4.69) is 0 Å². The van der Waals surface area contributed by atoms with Gasteiger partial charge in [-0.05, 0) is 24.6 Å². The molecule has 0 saturated heterocycles. The van der Waals surface area contributed by atoms with Gasteiger partial charge < -0.3 is 29.8 Å². The molecule has 1 rings (SSSR count). The lowest BCUT2D eigenvalue weighted by Crippen LogP contribution is -2.27. The highest BCUT2D eigenvalue weighted by Gasteiger charge is 2.10. The van der Waals surface area contributed by atoms with Crippen LogP contribution in [0.3, 0.4) is 0 Å². The van der Waals surface area contributed by atoms with Crippen LogP contribution in [0.2, 0.25) is 0 Å². The molecule has 0 aromatic heterocycles. The van der Waals surface area contributed by atoms with Crippen molar-refractivity contribution >= 4 is 0 Å². The van der Waals surface area contributed by atoms with Crippen LogP contribution in [0.25, 0.3) is 0 Å². The van der Waals surface area contributed by atoms with Gasteiger partial charge in [0.15, 0.2) is 0 Å². The van der Waals surface area contributed by atoms with Crippen LogP contribution in [0.5, 0.6) is 11.5 Å². The van der Waals surface area contributed by atoms with Crippen LogP contribution in [-0.2, 0) is 16.0 Å². The van der Waals surface area contributed by atoms with Gasteiger partial charge in [-0.2, -0.15) is 0 Å². The average molecular weight is 299 g/mol. The molecule has 120 valence electrons. The molecule has 0 aliphatic rings. The van der Waals surface area contributed by atoms with E-state index in [1.807, 2.05) is 19.1 Å². The quantitative estimate of drug-likeness (QED) is 0.669. The highest BCUT2D eigenvalue weighted by molar-refractivity contribution is 5.38. The van der Waals surface area contributed by atoms with E-state index in [1.54, 1.807) is 20.3 Å². The summed E-state index contributed by atoms with van der Waals surface area (Å²) in [6, 6.07) is 5.42. The first-order valence-electron chi connectivity index (χ1n) is 6.88. The maximum Gasteiger partial charge on any atom is 0.123 e. The van der Waals surface area contributed by atoms with Gasteiger partial charge in [0, 0.05) is 19.7 Å². The summed E-state index contributed by atoms with van der Waals surface area (Å²) in [5.41, 5.74) is 6.52. The number of aliphatic hydroxyl groups excluding tert-OH is 1. The van der Waals surface area contributed by atoms with E-state index < -0.39 is 6.10 Å². The van der Waals surface area contributed by atoms with Gasteiger partial charge in [0.25, 0.3) is 0 Å². The molecule has 3 N–H and O–H groups in total. The number of rotatable bonds is 10. The molecule has 2 unspecified atom stereocenters. The number of nitrogens with two attached hydrogens (primary N) is 1. The lowest BCUT2D eigenvalue weighted by molar-refractivity contribution is -0.0423. The van der Waals surface area contributed by atoms with Crippen LogP contribution in [0.4, 0.5) is 0 Å². The van der Waals surface area contributed by atoms with Gasteiger partial charge in [0.05, 0.1) is 26.4 Å². The van der Waals surface area contributed by atoms with Crippen LogP contribution in [0, 0.1) is 0 Å². The molecule has 1 aromatic rings. The summed E-state index contributed by atoms with van der Waals surface area (Å²) < 4.78 is 21.1. The fourth-order valence-electron chi connectivity index (χ4n) is 1.75. The van der Waals surface area contributed by atoms with Gasteiger partial charge in [-0.15, -0.1) is 0 Å². The lowest BCUT2D eigenvalue weighted by Gasteiger charge is -2.17. The number of ether oxygens (including phenoxy) is 4.